The Kier molecular flexibility index (Phi) is 9.11. The number of nitrogens with two attached hydrogens (primary N) is 1. The summed E-state index contributed by atoms with van der Waals surface area (Å²) in [6.45, 7) is 8.70. The second-order valence-corrected chi connectivity index (χ2v) is 9.25. The largest absolute Gasteiger partial charge is 0.371 e. The first-order chi connectivity index (χ1) is 12.3. The van der Waals surface area contributed by atoms with Crippen LogP contribution in [0.3, 0.4) is 0 Å². The molecule has 0 unspecified atom stereocenters. The lowest BCUT2D eigenvalue weighted by molar-refractivity contribution is -0.128. The van der Waals surface area contributed by atoms with Crippen molar-refractivity contribution in [2.75, 3.05) is 18.0 Å². The second kappa shape index (κ2) is 10.2. The highest BCUT2D eigenvalue weighted by Gasteiger charge is 2.36. The summed E-state index contributed by atoms with van der Waals surface area (Å²) in [5.74, 6) is 0.0742. The van der Waals surface area contributed by atoms with Gasteiger partial charge in [0.05, 0.1) is 5.54 Å². The zero-order chi connectivity index (χ0) is 18.8. The first kappa shape index (κ1) is 25.1. The molecule has 6 heteroatoms. The van der Waals surface area contributed by atoms with E-state index in [1.165, 1.54) is 17.7 Å². The Bertz CT molecular complexity index is 614. The summed E-state index contributed by atoms with van der Waals surface area (Å²) < 4.78 is 0. The summed E-state index contributed by atoms with van der Waals surface area (Å²) in [5, 5.41) is 3.24. The van der Waals surface area contributed by atoms with Crippen LogP contribution in [0.5, 0.6) is 0 Å². The molecule has 1 amide bonds. The van der Waals surface area contributed by atoms with E-state index in [0.717, 1.165) is 51.6 Å². The van der Waals surface area contributed by atoms with Crippen molar-refractivity contribution in [2.45, 2.75) is 82.7 Å². The lowest BCUT2D eigenvalue weighted by Crippen LogP contribution is -2.58. The van der Waals surface area contributed by atoms with Crippen LogP contribution >= 0.6 is 24.8 Å². The zero-order valence-electron chi connectivity index (χ0n) is 17.5. The van der Waals surface area contributed by atoms with E-state index in [4.69, 9.17) is 5.73 Å². The van der Waals surface area contributed by atoms with Crippen molar-refractivity contribution in [1.82, 2.24) is 5.32 Å². The predicted octanol–water partition coefficient (Wildman–Crippen LogP) is 4.57. The molecule has 3 N–H and O–H groups in total. The quantitative estimate of drug-likeness (QED) is 0.738. The molecule has 2 aliphatic rings. The van der Waals surface area contributed by atoms with Crippen molar-refractivity contribution in [3.8, 4) is 0 Å². The molecule has 0 bridgehead atoms. The highest BCUT2D eigenvalue weighted by Crippen LogP contribution is 2.28. The van der Waals surface area contributed by atoms with Gasteiger partial charge in [0.15, 0.2) is 0 Å². The first-order valence-electron chi connectivity index (χ1n) is 10.2. The molecule has 4 nitrogen and oxygen atoms in total. The van der Waals surface area contributed by atoms with E-state index >= 15 is 0 Å². The molecule has 1 aromatic carbocycles. The Morgan fingerprint density at radius 3 is 2.07 bits per heavy atom. The molecule has 1 heterocycles. The molecular weight excluding hydrogens is 393 g/mol. The van der Waals surface area contributed by atoms with Crippen LogP contribution in [-0.2, 0) is 10.2 Å². The van der Waals surface area contributed by atoms with Gasteiger partial charge in [-0.1, -0.05) is 52.2 Å². The summed E-state index contributed by atoms with van der Waals surface area (Å²) >= 11 is 0. The molecule has 0 aromatic heterocycles. The summed E-state index contributed by atoms with van der Waals surface area (Å²) in [4.78, 5) is 15.0. The lowest BCUT2D eigenvalue weighted by atomic mass is 9.81. The minimum atomic E-state index is -0.627. The number of carbonyl (C=O) groups excluding carboxylic acids is 1. The molecule has 3 rings (SSSR count). The normalized spacial score (nSPS) is 19.9. The number of piperidine rings is 1. The molecule has 1 aliphatic carbocycles. The van der Waals surface area contributed by atoms with Crippen LogP contribution in [0, 0.1) is 0 Å². The standard InChI is InChI=1S/C22H35N3O.2ClH/c1-21(2,3)17-7-9-19(10-8-17)25-15-11-18(12-16-25)24-20(26)22(23)13-5-4-6-14-22;;/h7-10,18H,4-6,11-16,23H2,1-3H3,(H,24,26);2*1H. The van der Waals surface area contributed by atoms with Crippen LogP contribution in [-0.4, -0.2) is 30.6 Å². The van der Waals surface area contributed by atoms with Gasteiger partial charge in [0, 0.05) is 24.8 Å². The van der Waals surface area contributed by atoms with Crippen LogP contribution in [0.15, 0.2) is 24.3 Å². The molecule has 0 spiro atoms. The van der Waals surface area contributed by atoms with Crippen LogP contribution < -0.4 is 16.0 Å². The first-order valence-corrected chi connectivity index (χ1v) is 10.2. The Balaban J connectivity index is 0.00000196. The van der Waals surface area contributed by atoms with Crippen molar-refractivity contribution < 1.29 is 4.79 Å². The Morgan fingerprint density at radius 1 is 1.04 bits per heavy atom. The van der Waals surface area contributed by atoms with E-state index in [9.17, 15) is 4.79 Å². The molecule has 1 saturated heterocycles. The van der Waals surface area contributed by atoms with E-state index in [1.54, 1.807) is 0 Å². The van der Waals surface area contributed by atoms with E-state index < -0.39 is 5.54 Å². The van der Waals surface area contributed by atoms with E-state index in [-0.39, 0.29) is 42.2 Å². The van der Waals surface area contributed by atoms with Gasteiger partial charge in [0.25, 0.3) is 0 Å². The predicted molar refractivity (Wildman–Crippen MR) is 123 cm³/mol. The maximum absolute atomic E-state index is 12.6. The molecule has 1 aromatic rings. The minimum Gasteiger partial charge on any atom is -0.371 e. The van der Waals surface area contributed by atoms with Crippen molar-refractivity contribution in [3.63, 3.8) is 0 Å². The highest BCUT2D eigenvalue weighted by atomic mass is 35.5. The Hall–Kier alpha value is -0.970. The van der Waals surface area contributed by atoms with Gasteiger partial charge in [-0.25, -0.2) is 0 Å². The summed E-state index contributed by atoms with van der Waals surface area (Å²) in [6.07, 6.45) is 7.00. The smallest absolute Gasteiger partial charge is 0.240 e. The summed E-state index contributed by atoms with van der Waals surface area (Å²) in [6, 6.07) is 9.21. The maximum atomic E-state index is 12.6. The van der Waals surface area contributed by atoms with Crippen molar-refractivity contribution >= 4 is 36.4 Å². The Labute approximate surface area is 182 Å². The third-order valence-corrected chi connectivity index (χ3v) is 6.13. The third-order valence-electron chi connectivity index (χ3n) is 6.13. The van der Waals surface area contributed by atoms with E-state index in [0.29, 0.717) is 0 Å². The number of halogens is 2. The molecule has 1 saturated carbocycles. The van der Waals surface area contributed by atoms with Crippen molar-refractivity contribution in [3.05, 3.63) is 29.8 Å². The van der Waals surface area contributed by atoms with Gasteiger partial charge in [-0.15, -0.1) is 24.8 Å². The van der Waals surface area contributed by atoms with Gasteiger partial charge in [-0.2, -0.15) is 0 Å². The fourth-order valence-electron chi connectivity index (χ4n) is 4.19. The average molecular weight is 430 g/mol. The number of nitrogens with one attached hydrogen (secondary N) is 1. The topological polar surface area (TPSA) is 58.4 Å². The van der Waals surface area contributed by atoms with Crippen LogP contribution in [0.1, 0.15) is 71.3 Å². The monoisotopic (exact) mass is 429 g/mol. The molecule has 1 aliphatic heterocycles. The second-order valence-electron chi connectivity index (χ2n) is 9.25. The average Bonchev–Trinajstić information content (AvgIpc) is 2.62. The molecule has 2 fully saturated rings. The molecular formula is C22H37Cl2N3O. The molecule has 0 radical (unpaired) electrons. The van der Waals surface area contributed by atoms with Crippen LogP contribution in [0.2, 0.25) is 0 Å². The molecule has 160 valence electrons. The van der Waals surface area contributed by atoms with Crippen LogP contribution in [0.4, 0.5) is 5.69 Å². The number of carbonyl (C=O) groups is 1. The lowest BCUT2D eigenvalue weighted by Gasteiger charge is -2.37. The number of nitrogens with zero attached hydrogens (tertiary/aromatic N) is 1. The number of anilines is 1. The SMILES string of the molecule is CC(C)(C)c1ccc(N2CCC(NC(=O)C3(N)CCCCC3)CC2)cc1.Cl.Cl. The van der Waals surface area contributed by atoms with E-state index in [2.05, 4.69) is 55.3 Å². The van der Waals surface area contributed by atoms with E-state index in [1.807, 2.05) is 0 Å². The van der Waals surface area contributed by atoms with Gasteiger partial charge in [-0.3, -0.25) is 4.79 Å². The number of benzene rings is 1. The van der Waals surface area contributed by atoms with Crippen molar-refractivity contribution in [1.29, 1.82) is 0 Å². The maximum Gasteiger partial charge on any atom is 0.240 e. The number of hydrogen-bond acceptors (Lipinski definition) is 3. The summed E-state index contributed by atoms with van der Waals surface area (Å²) in [7, 11) is 0. The van der Waals surface area contributed by atoms with Gasteiger partial charge >= 0.3 is 0 Å². The van der Waals surface area contributed by atoms with Gasteiger partial charge in [0.1, 0.15) is 0 Å². The van der Waals surface area contributed by atoms with Crippen molar-refractivity contribution in [2.24, 2.45) is 5.73 Å². The number of amides is 1. The summed E-state index contributed by atoms with van der Waals surface area (Å²) in [5.41, 5.74) is 8.57. The molecule has 28 heavy (non-hydrogen) atoms. The number of rotatable bonds is 3. The Morgan fingerprint density at radius 2 is 1.57 bits per heavy atom. The fraction of sp³-hybridized carbons (Fsp3) is 0.682. The minimum absolute atomic E-state index is 0. The molecule has 0 atom stereocenters. The zero-order valence-corrected chi connectivity index (χ0v) is 19.1. The third kappa shape index (κ3) is 6.01. The number of hydrogen-bond donors (Lipinski definition) is 2. The van der Waals surface area contributed by atoms with Gasteiger partial charge in [-0.05, 0) is 48.8 Å². The van der Waals surface area contributed by atoms with Crippen LogP contribution in [0.25, 0.3) is 0 Å². The van der Waals surface area contributed by atoms with Gasteiger partial charge in [0.2, 0.25) is 5.91 Å². The van der Waals surface area contributed by atoms with Gasteiger partial charge < -0.3 is 16.0 Å². The highest BCUT2D eigenvalue weighted by molar-refractivity contribution is 5.86. The fourth-order valence-corrected chi connectivity index (χ4v) is 4.19.